The number of hydrogen-bond donors (Lipinski definition) is 3. The van der Waals surface area contributed by atoms with Crippen LogP contribution in [0.5, 0.6) is 0 Å². The maximum atomic E-state index is 7.08. The van der Waals surface area contributed by atoms with E-state index in [1.807, 2.05) is 24.3 Å². The van der Waals surface area contributed by atoms with E-state index in [0.717, 1.165) is 21.6 Å². The Morgan fingerprint density at radius 2 is 2.29 bits per heavy atom. The van der Waals surface area contributed by atoms with Crippen LogP contribution in [0.2, 0.25) is 0 Å². The average molecular weight is 246 g/mol. The van der Waals surface area contributed by atoms with E-state index in [-0.39, 0.29) is 0 Å². The summed E-state index contributed by atoms with van der Waals surface area (Å²) in [5, 5.41) is 17.4. The highest BCUT2D eigenvalue weighted by Crippen LogP contribution is 2.25. The summed E-state index contributed by atoms with van der Waals surface area (Å²) in [5.74, 6) is 4.91. The molecule has 0 radical (unpaired) electrons. The number of nitrogens with two attached hydrogens (primary N) is 1. The highest BCUT2D eigenvalue weighted by molar-refractivity contribution is 7.22. The zero-order chi connectivity index (χ0) is 12.1. The summed E-state index contributed by atoms with van der Waals surface area (Å²) < 4.78 is 1.10. The second-order valence-corrected chi connectivity index (χ2v) is 4.09. The number of anilines is 1. The Morgan fingerprint density at radius 1 is 1.47 bits per heavy atom. The van der Waals surface area contributed by atoms with Crippen LogP contribution < -0.4 is 11.2 Å². The van der Waals surface area contributed by atoms with Crippen molar-refractivity contribution in [1.29, 1.82) is 5.41 Å². The van der Waals surface area contributed by atoms with Crippen LogP contribution in [0.15, 0.2) is 46.5 Å². The first kappa shape index (κ1) is 11.2. The van der Waals surface area contributed by atoms with Crippen LogP contribution in [0.4, 0.5) is 5.13 Å². The zero-order valence-electron chi connectivity index (χ0n) is 8.79. The SMILES string of the molecule is N=C/C(=C\Nc1nc2ccccc2s1)N=NN. The molecule has 6 nitrogen and oxygen atoms in total. The summed E-state index contributed by atoms with van der Waals surface area (Å²) in [7, 11) is 0. The second-order valence-electron chi connectivity index (χ2n) is 3.06. The summed E-state index contributed by atoms with van der Waals surface area (Å²) >= 11 is 1.52. The first-order valence-electron chi connectivity index (χ1n) is 4.77. The van der Waals surface area contributed by atoms with Gasteiger partial charge in [-0.2, -0.15) is 0 Å². The molecule has 0 fully saturated rings. The molecule has 1 aromatic heterocycles. The summed E-state index contributed by atoms with van der Waals surface area (Å²) in [6.07, 6.45) is 2.58. The van der Waals surface area contributed by atoms with Gasteiger partial charge in [-0.3, -0.25) is 0 Å². The number of hydrogen-bond acceptors (Lipinski definition) is 6. The highest BCUT2D eigenvalue weighted by atomic mass is 32.1. The molecule has 0 spiro atoms. The summed E-state index contributed by atoms with van der Waals surface area (Å²) in [5.41, 5.74) is 1.26. The number of benzene rings is 1. The molecule has 4 N–H and O–H groups in total. The van der Waals surface area contributed by atoms with Crippen molar-refractivity contribution in [3.05, 3.63) is 36.2 Å². The van der Waals surface area contributed by atoms with Gasteiger partial charge in [-0.25, -0.2) is 4.98 Å². The predicted octanol–water partition coefficient (Wildman–Crippen LogP) is 2.53. The normalized spacial score (nSPS) is 12.1. The number of nitrogens with zero attached hydrogens (tertiary/aromatic N) is 3. The van der Waals surface area contributed by atoms with Gasteiger partial charge in [-0.15, -0.1) is 5.11 Å². The van der Waals surface area contributed by atoms with Crippen LogP contribution >= 0.6 is 11.3 Å². The molecule has 1 heterocycles. The lowest BCUT2D eigenvalue weighted by atomic mass is 10.3. The number of rotatable bonds is 4. The molecule has 0 amide bonds. The summed E-state index contributed by atoms with van der Waals surface area (Å²) in [6.45, 7) is 0. The lowest BCUT2D eigenvalue weighted by Crippen LogP contribution is -1.91. The molecule has 0 aliphatic heterocycles. The van der Waals surface area contributed by atoms with Gasteiger partial charge < -0.3 is 16.6 Å². The lowest BCUT2D eigenvalue weighted by Gasteiger charge is -1.93. The molecule has 0 aliphatic carbocycles. The third-order valence-corrected chi connectivity index (χ3v) is 2.93. The van der Waals surface area contributed by atoms with Crippen molar-refractivity contribution in [2.45, 2.75) is 0 Å². The lowest BCUT2D eigenvalue weighted by molar-refractivity contribution is 1.04. The number of para-hydroxylation sites is 1. The van der Waals surface area contributed by atoms with Crippen molar-refractivity contribution in [1.82, 2.24) is 4.98 Å². The van der Waals surface area contributed by atoms with Crippen LogP contribution in [-0.4, -0.2) is 11.2 Å². The first-order valence-corrected chi connectivity index (χ1v) is 5.59. The molecule has 0 unspecified atom stereocenters. The van der Waals surface area contributed by atoms with Crippen molar-refractivity contribution in [3.63, 3.8) is 0 Å². The molecular formula is C10H10N6S. The van der Waals surface area contributed by atoms with Crippen molar-refractivity contribution < 1.29 is 0 Å². The number of fused-ring (bicyclic) bond motifs is 1. The van der Waals surface area contributed by atoms with E-state index in [1.165, 1.54) is 17.5 Å². The van der Waals surface area contributed by atoms with Crippen LogP contribution in [0.3, 0.4) is 0 Å². The minimum Gasteiger partial charge on any atom is -0.336 e. The third-order valence-electron chi connectivity index (χ3n) is 1.96. The van der Waals surface area contributed by atoms with Gasteiger partial charge in [0.2, 0.25) is 0 Å². The molecule has 17 heavy (non-hydrogen) atoms. The zero-order valence-corrected chi connectivity index (χ0v) is 9.61. The Kier molecular flexibility index (Phi) is 3.41. The Hall–Kier alpha value is -2.28. The smallest absolute Gasteiger partial charge is 0.187 e. The largest absolute Gasteiger partial charge is 0.336 e. The monoisotopic (exact) mass is 246 g/mol. The van der Waals surface area contributed by atoms with E-state index >= 15 is 0 Å². The number of nitrogens with one attached hydrogen (secondary N) is 2. The van der Waals surface area contributed by atoms with E-state index < -0.39 is 0 Å². The van der Waals surface area contributed by atoms with Gasteiger partial charge in [-0.1, -0.05) is 28.7 Å². The van der Waals surface area contributed by atoms with Crippen molar-refractivity contribution in [2.75, 3.05) is 5.32 Å². The second kappa shape index (κ2) is 5.17. The van der Waals surface area contributed by atoms with Crippen molar-refractivity contribution in [2.24, 2.45) is 16.2 Å². The average Bonchev–Trinajstić information content (AvgIpc) is 2.77. The van der Waals surface area contributed by atoms with E-state index in [0.29, 0.717) is 5.70 Å². The van der Waals surface area contributed by atoms with Gasteiger partial charge in [0.1, 0.15) is 5.70 Å². The Balaban J connectivity index is 2.21. The Labute approximate surface area is 101 Å². The third kappa shape index (κ3) is 2.64. The predicted molar refractivity (Wildman–Crippen MR) is 69.2 cm³/mol. The van der Waals surface area contributed by atoms with Crippen molar-refractivity contribution >= 4 is 32.9 Å². The van der Waals surface area contributed by atoms with E-state index in [9.17, 15) is 0 Å². The van der Waals surface area contributed by atoms with Crippen LogP contribution in [0, 0.1) is 5.41 Å². The van der Waals surface area contributed by atoms with Crippen molar-refractivity contribution in [3.8, 4) is 0 Å². The molecule has 1 aromatic carbocycles. The maximum Gasteiger partial charge on any atom is 0.187 e. The van der Waals surface area contributed by atoms with Gasteiger partial charge in [0.05, 0.1) is 10.2 Å². The quantitative estimate of drug-likeness (QED) is 0.334. The standard InChI is InChI=1S/C10H10N6S/c11-5-7(15-16-12)6-13-10-14-8-3-1-2-4-9(8)17-10/h1-6,11H,(H2,12,15)(H,13,14)/b7-6+,11-5?. The number of thiazole rings is 1. The van der Waals surface area contributed by atoms with Gasteiger partial charge >= 0.3 is 0 Å². The highest BCUT2D eigenvalue weighted by Gasteiger charge is 2.00. The molecule has 0 saturated heterocycles. The Bertz CT molecular complexity index is 552. The Morgan fingerprint density at radius 3 is 3.00 bits per heavy atom. The topological polar surface area (TPSA) is 99.5 Å². The molecule has 2 aromatic rings. The number of allylic oxidation sites excluding steroid dienone is 1. The van der Waals surface area contributed by atoms with Crippen LogP contribution in [-0.2, 0) is 0 Å². The molecule has 0 atom stereocenters. The summed E-state index contributed by atoms with van der Waals surface area (Å²) in [6, 6.07) is 7.84. The minimum atomic E-state index is 0.326. The molecule has 86 valence electrons. The molecule has 7 heteroatoms. The molecule has 2 rings (SSSR count). The maximum absolute atomic E-state index is 7.08. The molecule has 0 aliphatic rings. The van der Waals surface area contributed by atoms with Crippen LogP contribution in [0.1, 0.15) is 0 Å². The van der Waals surface area contributed by atoms with Gasteiger partial charge in [-0.05, 0) is 12.1 Å². The minimum absolute atomic E-state index is 0.326. The van der Waals surface area contributed by atoms with E-state index in [2.05, 4.69) is 20.6 Å². The van der Waals surface area contributed by atoms with E-state index in [1.54, 1.807) is 0 Å². The van der Waals surface area contributed by atoms with Gasteiger partial charge in [0, 0.05) is 12.4 Å². The van der Waals surface area contributed by atoms with E-state index in [4.69, 9.17) is 11.3 Å². The molecule has 0 bridgehead atoms. The first-order chi connectivity index (χ1) is 8.33. The van der Waals surface area contributed by atoms with Gasteiger partial charge in [0.25, 0.3) is 0 Å². The molecule has 0 saturated carbocycles. The number of aromatic nitrogens is 1. The summed E-state index contributed by atoms with van der Waals surface area (Å²) in [4.78, 5) is 4.36. The molecular weight excluding hydrogens is 236 g/mol. The van der Waals surface area contributed by atoms with Gasteiger partial charge in [0.15, 0.2) is 5.13 Å². The van der Waals surface area contributed by atoms with Crippen LogP contribution in [0.25, 0.3) is 10.2 Å². The fourth-order valence-corrected chi connectivity index (χ4v) is 2.07. The fraction of sp³-hybridized carbons (Fsp3) is 0. The fourth-order valence-electron chi connectivity index (χ4n) is 1.24.